The number of nitrogens with one attached hydrogen (secondary N) is 1. The number of benzene rings is 2. The highest BCUT2D eigenvalue weighted by Crippen LogP contribution is 2.52. The maximum atomic E-state index is 6.49. The van der Waals surface area contributed by atoms with Crippen LogP contribution in [0.3, 0.4) is 0 Å². The van der Waals surface area contributed by atoms with Crippen LogP contribution in [-0.2, 0) is 0 Å². The highest BCUT2D eigenvalue weighted by atomic mass is 35.5. The van der Waals surface area contributed by atoms with E-state index in [-0.39, 0.29) is 6.04 Å². The fraction of sp³-hybridized carbons (Fsp3) is 0.333. The van der Waals surface area contributed by atoms with Crippen molar-refractivity contribution in [2.24, 2.45) is 5.92 Å². The first-order valence-electron chi connectivity index (χ1n) is 8.69. The molecule has 2 aromatic carbocycles. The molecule has 1 aliphatic carbocycles. The van der Waals surface area contributed by atoms with Gasteiger partial charge in [0.05, 0.1) is 38.1 Å². The minimum atomic E-state index is 0.108. The van der Waals surface area contributed by atoms with Crippen molar-refractivity contribution < 1.29 is 14.2 Å². The molecule has 0 unspecified atom stereocenters. The summed E-state index contributed by atoms with van der Waals surface area (Å²) in [5.74, 6) is 2.71. The third-order valence-electron chi connectivity index (χ3n) is 5.39. The molecule has 5 heteroatoms. The Labute approximate surface area is 158 Å². The van der Waals surface area contributed by atoms with Crippen LogP contribution in [0.1, 0.15) is 29.5 Å². The lowest BCUT2D eigenvalue weighted by molar-refractivity contribution is 0.322. The zero-order valence-corrected chi connectivity index (χ0v) is 15.8. The maximum absolute atomic E-state index is 6.49. The molecule has 2 aromatic rings. The quantitative estimate of drug-likeness (QED) is 0.750. The SMILES string of the molecule is COc1cc([C@@H]2Nc3c(Cl)cccc3[C@H]3C=CC[C@@H]32)cc(OC)c1OC. The number of halogens is 1. The Hall–Kier alpha value is -2.33. The lowest BCUT2D eigenvalue weighted by Crippen LogP contribution is -2.29. The van der Waals surface area contributed by atoms with Crippen LogP contribution < -0.4 is 19.5 Å². The number of hydrogen-bond acceptors (Lipinski definition) is 4. The van der Waals surface area contributed by atoms with Crippen LogP contribution in [0.5, 0.6) is 17.2 Å². The molecule has 4 nitrogen and oxygen atoms in total. The van der Waals surface area contributed by atoms with Crippen molar-refractivity contribution in [2.45, 2.75) is 18.4 Å². The second kappa shape index (κ2) is 6.76. The summed E-state index contributed by atoms with van der Waals surface area (Å²) in [5, 5.41) is 4.42. The van der Waals surface area contributed by atoms with Crippen molar-refractivity contribution in [1.82, 2.24) is 0 Å². The fourth-order valence-corrected chi connectivity index (χ4v) is 4.43. The molecule has 0 bridgehead atoms. The molecule has 1 heterocycles. The first-order valence-corrected chi connectivity index (χ1v) is 9.07. The van der Waals surface area contributed by atoms with Gasteiger partial charge in [0, 0.05) is 5.92 Å². The van der Waals surface area contributed by atoms with E-state index in [4.69, 9.17) is 25.8 Å². The Kier molecular flexibility index (Phi) is 4.45. The van der Waals surface area contributed by atoms with Gasteiger partial charge < -0.3 is 19.5 Å². The highest BCUT2D eigenvalue weighted by molar-refractivity contribution is 6.33. The van der Waals surface area contributed by atoms with Crippen LogP contribution in [-0.4, -0.2) is 21.3 Å². The standard InChI is InChI=1S/C21H22ClNO3/c1-24-17-10-12(11-18(25-2)21(17)26-3)19-14-7-4-6-13(14)15-8-5-9-16(22)20(15)23-19/h4-6,8-11,13-14,19,23H,7H2,1-3H3/t13-,14-,19-/m0/s1. The van der Waals surface area contributed by atoms with Crippen LogP contribution in [0.2, 0.25) is 5.02 Å². The van der Waals surface area contributed by atoms with Crippen LogP contribution in [0, 0.1) is 5.92 Å². The molecule has 2 aliphatic rings. The van der Waals surface area contributed by atoms with Crippen LogP contribution >= 0.6 is 11.6 Å². The lowest BCUT2D eigenvalue weighted by Gasteiger charge is -2.38. The van der Waals surface area contributed by atoms with Gasteiger partial charge in [-0.2, -0.15) is 0 Å². The Balaban J connectivity index is 1.82. The Morgan fingerprint density at radius 1 is 1.04 bits per heavy atom. The summed E-state index contributed by atoms with van der Waals surface area (Å²) < 4.78 is 16.5. The second-order valence-electron chi connectivity index (χ2n) is 6.64. The first-order chi connectivity index (χ1) is 12.7. The van der Waals surface area contributed by atoms with Gasteiger partial charge in [-0.15, -0.1) is 0 Å². The van der Waals surface area contributed by atoms with Crippen molar-refractivity contribution >= 4 is 17.3 Å². The molecule has 1 N–H and O–H groups in total. The van der Waals surface area contributed by atoms with E-state index in [9.17, 15) is 0 Å². The van der Waals surface area contributed by atoms with E-state index in [0.717, 1.165) is 22.7 Å². The Morgan fingerprint density at radius 3 is 2.42 bits per heavy atom. The summed E-state index contributed by atoms with van der Waals surface area (Å²) in [6.45, 7) is 0. The largest absolute Gasteiger partial charge is 0.493 e. The Bertz CT molecular complexity index is 839. The van der Waals surface area contributed by atoms with Gasteiger partial charge in [-0.1, -0.05) is 35.9 Å². The predicted molar refractivity (Wildman–Crippen MR) is 104 cm³/mol. The Morgan fingerprint density at radius 2 is 1.77 bits per heavy atom. The number of rotatable bonds is 4. The summed E-state index contributed by atoms with van der Waals surface area (Å²) in [6.07, 6.45) is 5.58. The highest BCUT2D eigenvalue weighted by Gasteiger charge is 2.39. The van der Waals surface area contributed by atoms with E-state index in [0.29, 0.717) is 29.1 Å². The van der Waals surface area contributed by atoms with E-state index >= 15 is 0 Å². The smallest absolute Gasteiger partial charge is 0.203 e. The molecule has 0 fully saturated rings. The van der Waals surface area contributed by atoms with E-state index in [1.165, 1.54) is 5.56 Å². The molecule has 0 radical (unpaired) electrons. The van der Waals surface area contributed by atoms with Gasteiger partial charge in [-0.25, -0.2) is 0 Å². The van der Waals surface area contributed by atoms with Gasteiger partial charge in [-0.3, -0.25) is 0 Å². The van der Waals surface area contributed by atoms with Gasteiger partial charge in [-0.05, 0) is 41.7 Å². The molecule has 1 aliphatic heterocycles. The van der Waals surface area contributed by atoms with Gasteiger partial charge in [0.15, 0.2) is 11.5 Å². The maximum Gasteiger partial charge on any atom is 0.203 e. The van der Waals surface area contributed by atoms with Crippen molar-refractivity contribution in [3.05, 3.63) is 58.6 Å². The summed E-state index contributed by atoms with van der Waals surface area (Å²) in [4.78, 5) is 0. The molecule has 26 heavy (non-hydrogen) atoms. The third-order valence-corrected chi connectivity index (χ3v) is 5.71. The molecule has 0 amide bonds. The second-order valence-corrected chi connectivity index (χ2v) is 7.05. The summed E-state index contributed by atoms with van der Waals surface area (Å²) in [5.41, 5.74) is 3.38. The van der Waals surface area contributed by atoms with Crippen LogP contribution in [0.4, 0.5) is 5.69 Å². The minimum Gasteiger partial charge on any atom is -0.493 e. The molecular weight excluding hydrogens is 350 g/mol. The van der Waals surface area contributed by atoms with Gasteiger partial charge >= 0.3 is 0 Å². The minimum absolute atomic E-state index is 0.108. The van der Waals surface area contributed by atoms with E-state index < -0.39 is 0 Å². The van der Waals surface area contributed by atoms with Gasteiger partial charge in [0.25, 0.3) is 0 Å². The number of anilines is 1. The van der Waals surface area contributed by atoms with Crippen molar-refractivity contribution in [3.63, 3.8) is 0 Å². The number of methoxy groups -OCH3 is 3. The average Bonchev–Trinajstić information content (AvgIpc) is 3.16. The summed E-state index contributed by atoms with van der Waals surface area (Å²) in [7, 11) is 4.90. The number of fused-ring (bicyclic) bond motifs is 3. The molecule has 0 spiro atoms. The first kappa shape index (κ1) is 17.1. The fourth-order valence-electron chi connectivity index (χ4n) is 4.19. The van der Waals surface area contributed by atoms with E-state index in [1.807, 2.05) is 24.3 Å². The zero-order valence-electron chi connectivity index (χ0n) is 15.1. The van der Waals surface area contributed by atoms with Crippen molar-refractivity contribution in [1.29, 1.82) is 0 Å². The van der Waals surface area contributed by atoms with Crippen molar-refractivity contribution in [3.8, 4) is 17.2 Å². The number of hydrogen-bond donors (Lipinski definition) is 1. The molecular formula is C21H22ClNO3. The number of para-hydroxylation sites is 1. The summed E-state index contributed by atoms with van der Waals surface area (Å²) in [6, 6.07) is 10.3. The molecule has 0 aromatic heterocycles. The van der Waals surface area contributed by atoms with E-state index in [2.05, 4.69) is 23.5 Å². The third kappa shape index (κ3) is 2.60. The van der Waals surface area contributed by atoms with Crippen molar-refractivity contribution in [2.75, 3.05) is 26.6 Å². The van der Waals surface area contributed by atoms with Crippen LogP contribution in [0.15, 0.2) is 42.5 Å². The van der Waals surface area contributed by atoms with Crippen LogP contribution in [0.25, 0.3) is 0 Å². The molecule has 0 saturated carbocycles. The predicted octanol–water partition coefficient (Wildman–Crippen LogP) is 5.19. The normalized spacial score (nSPS) is 23.0. The molecule has 4 rings (SSSR count). The van der Waals surface area contributed by atoms with E-state index in [1.54, 1.807) is 21.3 Å². The van der Waals surface area contributed by atoms with Gasteiger partial charge in [0.2, 0.25) is 5.75 Å². The zero-order chi connectivity index (χ0) is 18.3. The monoisotopic (exact) mass is 371 g/mol. The average molecular weight is 372 g/mol. The number of ether oxygens (including phenoxy) is 3. The van der Waals surface area contributed by atoms with Gasteiger partial charge in [0.1, 0.15) is 0 Å². The summed E-state index contributed by atoms with van der Waals surface area (Å²) >= 11 is 6.49. The molecule has 0 saturated heterocycles. The molecule has 3 atom stereocenters. The number of allylic oxidation sites excluding steroid dienone is 2. The lowest BCUT2D eigenvalue weighted by atomic mass is 9.77. The topological polar surface area (TPSA) is 39.7 Å². The molecule has 136 valence electrons.